The molecule has 512 valence electrons. The van der Waals surface area contributed by atoms with E-state index in [1.807, 2.05) is 48.5 Å². The molecule has 2 aliphatic rings. The second-order valence-corrected chi connectivity index (χ2v) is 32.4. The molecule has 4 unspecified atom stereocenters. The summed E-state index contributed by atoms with van der Waals surface area (Å²) in [6.45, 7) is 20.6. The first kappa shape index (κ1) is 80.0. The van der Waals surface area contributed by atoms with Crippen molar-refractivity contribution in [2.75, 3.05) is 72.7 Å². The van der Waals surface area contributed by atoms with Crippen LogP contribution in [0.2, 0.25) is 0 Å². The predicted octanol–water partition coefficient (Wildman–Crippen LogP) is 10.0. The van der Waals surface area contributed by atoms with E-state index in [0.29, 0.717) is 33.0 Å². The van der Waals surface area contributed by atoms with Gasteiger partial charge < -0.3 is 53.2 Å². The van der Waals surface area contributed by atoms with Gasteiger partial charge in [-0.3, -0.25) is 0 Å². The third-order valence-electron chi connectivity index (χ3n) is 12.6. The van der Waals surface area contributed by atoms with E-state index in [9.17, 15) is 75.0 Å². The Bertz CT molecular complexity index is 2780. The average Bonchev–Trinajstić information content (AvgIpc) is 1.05. The number of aliphatic hydroxyl groups is 3. The number of hydrogen-bond acceptors (Lipinski definition) is 20. The predicted molar refractivity (Wildman–Crippen MR) is 311 cm³/mol. The van der Waals surface area contributed by atoms with Gasteiger partial charge in [0, 0.05) is 30.7 Å². The van der Waals surface area contributed by atoms with Gasteiger partial charge in [0.1, 0.15) is 73.8 Å². The maximum absolute atomic E-state index is 12.0. The van der Waals surface area contributed by atoms with E-state index in [4.69, 9.17) is 43.0 Å². The van der Waals surface area contributed by atoms with Gasteiger partial charge in [-0.15, -0.1) is 0 Å². The first-order valence-corrected chi connectivity index (χ1v) is 36.5. The number of alkyl halides is 9. The molecule has 0 aliphatic carbocycles. The van der Waals surface area contributed by atoms with Crippen LogP contribution < -0.4 is 18.9 Å². The van der Waals surface area contributed by atoms with Gasteiger partial charge in [-0.25, -0.2) is 0 Å². The molecule has 90 heavy (non-hydrogen) atoms. The SMILES string of the molecule is CC(C)(c1ccc(OCC2CO2)cc1)c1ccc(OCC2CO2)cc1.CCCCO.CCCCOCC(O)COc1ccc(C(C)(C)c2ccc(OCC(O)COCCCC)cc2)cc1.O=S(=O)([O][Bi]([O]S(=O)(=O)C(F)(F)F)[O]S(=O)(=O)C(F)(F)F)C(F)(F)F. The van der Waals surface area contributed by atoms with Gasteiger partial charge in [0.2, 0.25) is 0 Å². The molecule has 0 bridgehead atoms. The number of ether oxygens (including phenoxy) is 8. The molecule has 20 nitrogen and oxygen atoms in total. The summed E-state index contributed by atoms with van der Waals surface area (Å²) in [4.78, 5) is 0. The Morgan fingerprint density at radius 1 is 0.456 bits per heavy atom. The van der Waals surface area contributed by atoms with E-state index in [0.717, 1.165) is 85.9 Å². The zero-order valence-electron chi connectivity index (χ0n) is 50.4. The standard InChI is InChI=1S/C29H44O6.C21H24O4.C4H10O.3CHF3O3S.Bi/c1-5-7-17-32-19-25(30)21-34-27-13-9-23(10-14-27)29(3,4)24-11-15-28(16-12-24)35-22-26(31)20-33-18-8-6-2;1-21(2,15-3-7-17(8-4-15)22-11-19-13-24-19)16-5-9-18(10-6-16)23-12-20-14-25-20;1-2-3-4-5;3*2-1(3,4)8(5,6)7;/h9-16,25-26,30-31H,5-8,17-22H2,1-4H3;3-10,19-20H,11-14H2,1-2H3;5H,2-4H2,1H3;3*(H,5,6,7);/q;;;;;;+3/p-3. The topological polar surface area (TPSA) is 271 Å². The molecule has 0 amide bonds. The summed E-state index contributed by atoms with van der Waals surface area (Å²) >= 11 is -7.11. The number of hydrogen-bond donors (Lipinski definition) is 3. The molecule has 2 heterocycles. The number of unbranched alkanes of at least 4 members (excludes halogenated alkanes) is 3. The molecule has 33 heteroatoms. The van der Waals surface area contributed by atoms with E-state index >= 15 is 0 Å². The fourth-order valence-electron chi connectivity index (χ4n) is 6.89. The third-order valence-corrected chi connectivity index (χ3v) is 26.4. The Labute approximate surface area is 529 Å². The molecule has 6 rings (SSSR count). The van der Waals surface area contributed by atoms with Gasteiger partial charge in [0.25, 0.3) is 0 Å². The molecular weight excluding hydrogens is 1480 g/mol. The number of aliphatic hydroxyl groups excluding tert-OH is 3. The minimum absolute atomic E-state index is 0.0870. The Hall–Kier alpha value is -4.22. The van der Waals surface area contributed by atoms with Crippen LogP contribution in [0, 0.1) is 0 Å². The van der Waals surface area contributed by atoms with Gasteiger partial charge in [-0.1, -0.05) is 116 Å². The third kappa shape index (κ3) is 28.6. The number of benzene rings is 4. The van der Waals surface area contributed by atoms with Crippen LogP contribution in [0.25, 0.3) is 0 Å². The van der Waals surface area contributed by atoms with Crippen LogP contribution >= 0.6 is 0 Å². The zero-order chi connectivity index (χ0) is 67.6. The van der Waals surface area contributed by atoms with Crippen molar-refractivity contribution in [1.82, 2.24) is 0 Å². The summed E-state index contributed by atoms with van der Waals surface area (Å²) in [6.07, 6.45) is 5.47. The van der Waals surface area contributed by atoms with Crippen LogP contribution in [0.15, 0.2) is 97.1 Å². The minimum atomic E-state index is -7.11. The van der Waals surface area contributed by atoms with Crippen molar-refractivity contribution >= 4 is 53.4 Å². The number of halogens is 9. The first-order valence-electron chi connectivity index (χ1n) is 28.0. The van der Waals surface area contributed by atoms with Crippen LogP contribution in [-0.2, 0) is 66.9 Å². The maximum atomic E-state index is 12.0. The molecule has 0 aromatic heterocycles. The fraction of sp³-hybridized carbons (Fsp3) is 0.579. The Morgan fingerprint density at radius 2 is 0.711 bits per heavy atom. The van der Waals surface area contributed by atoms with E-state index in [1.54, 1.807) is 0 Å². The average molecular weight is 1560 g/mol. The van der Waals surface area contributed by atoms with Gasteiger partial charge in [-0.2, -0.15) is 0 Å². The fourth-order valence-corrected chi connectivity index (χ4v) is 19.1. The van der Waals surface area contributed by atoms with Crippen molar-refractivity contribution in [3.8, 4) is 23.0 Å². The van der Waals surface area contributed by atoms with Crippen molar-refractivity contribution in [2.24, 2.45) is 0 Å². The second-order valence-electron chi connectivity index (χ2n) is 20.9. The Kier molecular flexibility index (Phi) is 32.9. The summed E-state index contributed by atoms with van der Waals surface area (Å²) < 4.78 is 223. The monoisotopic (exact) mass is 1560 g/mol. The van der Waals surface area contributed by atoms with Crippen LogP contribution in [0.3, 0.4) is 0 Å². The van der Waals surface area contributed by atoms with Crippen LogP contribution in [0.5, 0.6) is 23.0 Å². The Balaban J connectivity index is 0.000000345. The molecule has 3 N–H and O–H groups in total. The normalized spacial score (nSPS) is 16.0. The molecule has 0 radical (unpaired) electrons. The van der Waals surface area contributed by atoms with E-state index < -0.39 is 82.2 Å². The van der Waals surface area contributed by atoms with Crippen molar-refractivity contribution < 1.29 is 125 Å². The molecule has 0 saturated carbocycles. The van der Waals surface area contributed by atoms with Crippen LogP contribution in [0.1, 0.15) is 109 Å². The Morgan fingerprint density at radius 3 is 0.922 bits per heavy atom. The number of rotatable bonds is 34. The molecule has 4 aromatic rings. The zero-order valence-corrected chi connectivity index (χ0v) is 56.3. The van der Waals surface area contributed by atoms with Gasteiger partial charge in [0.05, 0.1) is 26.4 Å². The molecule has 2 fully saturated rings. The van der Waals surface area contributed by atoms with Crippen molar-refractivity contribution in [3.05, 3.63) is 119 Å². The van der Waals surface area contributed by atoms with Crippen LogP contribution in [0.4, 0.5) is 39.5 Å². The molecule has 4 atom stereocenters. The summed E-state index contributed by atoms with van der Waals surface area (Å²) in [5.74, 6) is 3.22. The van der Waals surface area contributed by atoms with Crippen molar-refractivity contribution in [2.45, 2.75) is 139 Å². The van der Waals surface area contributed by atoms with Gasteiger partial charge in [-0.05, 0) is 90.0 Å². The molecule has 2 aliphatic heterocycles. The van der Waals surface area contributed by atoms with Gasteiger partial charge in [0.15, 0.2) is 0 Å². The van der Waals surface area contributed by atoms with E-state index in [-0.39, 0.29) is 49.5 Å². The second kappa shape index (κ2) is 37.0. The molecule has 0 spiro atoms. The first-order chi connectivity index (χ1) is 41.9. The van der Waals surface area contributed by atoms with Gasteiger partial charge >= 0.3 is 141 Å². The van der Waals surface area contributed by atoms with Crippen molar-refractivity contribution in [3.63, 3.8) is 0 Å². The molecule has 4 aromatic carbocycles. The summed E-state index contributed by atoms with van der Waals surface area (Å²) in [6, 6.07) is 32.6. The van der Waals surface area contributed by atoms with E-state index in [2.05, 4.69) is 104 Å². The summed E-state index contributed by atoms with van der Waals surface area (Å²) in [7, 11) is -21.2. The number of epoxide rings is 2. The van der Waals surface area contributed by atoms with Crippen LogP contribution in [-0.4, -0.2) is 177 Å². The van der Waals surface area contributed by atoms with Crippen molar-refractivity contribution in [1.29, 1.82) is 0 Å². The molecule has 2 saturated heterocycles. The molecular formula is C57H78BiF9O20S3. The quantitative estimate of drug-likeness (QED) is 0.0129. The summed E-state index contributed by atoms with van der Waals surface area (Å²) in [5, 5.41) is 28.1. The summed E-state index contributed by atoms with van der Waals surface area (Å²) in [5.41, 5.74) is -14.9. The van der Waals surface area contributed by atoms with E-state index in [1.165, 1.54) is 11.1 Å².